The third kappa shape index (κ3) is 7.62. The highest BCUT2D eigenvalue weighted by Crippen LogP contribution is 2.20. The third-order valence-electron chi connectivity index (χ3n) is 6.73. The van der Waals surface area contributed by atoms with Crippen molar-refractivity contribution in [1.29, 1.82) is 0 Å². The molecule has 9 nitrogen and oxygen atoms in total. The van der Waals surface area contributed by atoms with E-state index in [1.165, 1.54) is 23.0 Å². The van der Waals surface area contributed by atoms with Crippen molar-refractivity contribution in [3.8, 4) is 17.1 Å². The van der Waals surface area contributed by atoms with Crippen LogP contribution in [-0.4, -0.2) is 49.9 Å². The van der Waals surface area contributed by atoms with E-state index in [-0.39, 0.29) is 30.2 Å². The van der Waals surface area contributed by atoms with Gasteiger partial charge in [-0.05, 0) is 73.0 Å². The number of ketones is 1. The van der Waals surface area contributed by atoms with Gasteiger partial charge in [0.15, 0.2) is 5.82 Å². The van der Waals surface area contributed by atoms with Crippen molar-refractivity contribution in [3.05, 3.63) is 132 Å². The molecule has 0 saturated carbocycles. The fraction of sp³-hybridized carbons (Fsp3) is 0.152. The predicted molar refractivity (Wildman–Crippen MR) is 159 cm³/mol. The standard InChI is InChI=1S/C33H29FN6O3/c34-25-15-13-24(14-16-25)28-17-21-40(39-28)31-27(12-7-19-36-31)32(42)38-29(22-23-8-2-1-3-9-23)30(41)33(43)37-20-6-11-26-10-4-5-18-35-26/h1-5,7-10,12-19,21,29H,6,11,20,22H2,(H,37,43)(H,38,42)/t29-/m1/s1. The molecule has 0 unspecified atom stereocenters. The minimum absolute atomic E-state index is 0.124. The molecular formula is C33H29FN6O3. The molecule has 2 amide bonds. The molecular weight excluding hydrogens is 547 g/mol. The van der Waals surface area contributed by atoms with Gasteiger partial charge in [0, 0.05) is 42.8 Å². The second-order valence-electron chi connectivity index (χ2n) is 9.79. The van der Waals surface area contributed by atoms with E-state index in [0.717, 1.165) is 11.3 Å². The number of amides is 2. The van der Waals surface area contributed by atoms with E-state index in [2.05, 4.69) is 25.7 Å². The average Bonchev–Trinajstić information content (AvgIpc) is 3.54. The van der Waals surface area contributed by atoms with Gasteiger partial charge in [0.25, 0.3) is 11.8 Å². The molecule has 5 rings (SSSR count). The van der Waals surface area contributed by atoms with Crippen LogP contribution in [0.5, 0.6) is 0 Å². The van der Waals surface area contributed by atoms with Crippen LogP contribution in [0.3, 0.4) is 0 Å². The number of halogens is 1. The number of carbonyl (C=O) groups is 3. The Balaban J connectivity index is 1.31. The summed E-state index contributed by atoms with van der Waals surface area (Å²) in [6, 6.07) is 24.5. The largest absolute Gasteiger partial charge is 0.349 e. The number of Topliss-reactive ketones (excluding diaryl/α,β-unsaturated/α-hetero) is 1. The van der Waals surface area contributed by atoms with E-state index in [9.17, 15) is 18.8 Å². The SMILES string of the molecule is O=C(NCCCc1ccccn1)C(=O)[C@@H](Cc1ccccc1)NC(=O)c1cccnc1-n1ccc(-c2ccc(F)cc2)n1. The summed E-state index contributed by atoms with van der Waals surface area (Å²) in [5.74, 6) is -2.23. The van der Waals surface area contributed by atoms with Crippen molar-refractivity contribution in [2.75, 3.05) is 6.54 Å². The van der Waals surface area contributed by atoms with Crippen LogP contribution in [0.2, 0.25) is 0 Å². The van der Waals surface area contributed by atoms with Gasteiger partial charge in [0.05, 0.1) is 11.3 Å². The molecule has 0 saturated heterocycles. The van der Waals surface area contributed by atoms with Crippen LogP contribution in [0.25, 0.3) is 17.1 Å². The number of pyridine rings is 2. The van der Waals surface area contributed by atoms with Crippen LogP contribution in [0.1, 0.15) is 28.0 Å². The zero-order valence-electron chi connectivity index (χ0n) is 23.2. The molecule has 10 heteroatoms. The van der Waals surface area contributed by atoms with Gasteiger partial charge < -0.3 is 10.6 Å². The monoisotopic (exact) mass is 576 g/mol. The molecule has 0 radical (unpaired) electrons. The van der Waals surface area contributed by atoms with Crippen LogP contribution in [-0.2, 0) is 22.4 Å². The van der Waals surface area contributed by atoms with Crippen LogP contribution in [0.15, 0.2) is 110 Å². The molecule has 0 aliphatic carbocycles. The first-order valence-electron chi connectivity index (χ1n) is 13.8. The Kier molecular flexibility index (Phi) is 9.38. The van der Waals surface area contributed by atoms with Crippen LogP contribution < -0.4 is 10.6 Å². The summed E-state index contributed by atoms with van der Waals surface area (Å²) in [6.45, 7) is 0.287. The quantitative estimate of drug-likeness (QED) is 0.170. The lowest BCUT2D eigenvalue weighted by Gasteiger charge is -2.18. The number of benzene rings is 2. The Labute approximate surface area is 247 Å². The number of hydrogen-bond donors (Lipinski definition) is 2. The Morgan fingerprint density at radius 1 is 0.837 bits per heavy atom. The maximum Gasteiger partial charge on any atom is 0.289 e. The van der Waals surface area contributed by atoms with Crippen LogP contribution >= 0.6 is 0 Å². The first kappa shape index (κ1) is 29.0. The Morgan fingerprint density at radius 2 is 1.60 bits per heavy atom. The van der Waals surface area contributed by atoms with Crippen molar-refractivity contribution >= 4 is 17.6 Å². The van der Waals surface area contributed by atoms with Gasteiger partial charge in [0.1, 0.15) is 11.9 Å². The normalized spacial score (nSPS) is 11.5. The average molecular weight is 577 g/mol. The molecule has 2 N–H and O–H groups in total. The Hall–Kier alpha value is -5.51. The lowest BCUT2D eigenvalue weighted by atomic mass is 10.0. The summed E-state index contributed by atoms with van der Waals surface area (Å²) in [5.41, 5.74) is 3.10. The first-order chi connectivity index (χ1) is 21.0. The maximum absolute atomic E-state index is 13.6. The summed E-state index contributed by atoms with van der Waals surface area (Å²) in [4.78, 5) is 48.4. The molecule has 43 heavy (non-hydrogen) atoms. The van der Waals surface area contributed by atoms with Crippen molar-refractivity contribution in [2.24, 2.45) is 0 Å². The molecule has 3 aromatic heterocycles. The second kappa shape index (κ2) is 13.9. The van der Waals surface area contributed by atoms with E-state index < -0.39 is 23.6 Å². The van der Waals surface area contributed by atoms with E-state index in [0.29, 0.717) is 24.1 Å². The van der Waals surface area contributed by atoms with Crippen molar-refractivity contribution in [3.63, 3.8) is 0 Å². The Morgan fingerprint density at radius 3 is 2.37 bits per heavy atom. The van der Waals surface area contributed by atoms with E-state index >= 15 is 0 Å². The highest BCUT2D eigenvalue weighted by Gasteiger charge is 2.28. The minimum atomic E-state index is -1.12. The lowest BCUT2D eigenvalue weighted by Crippen LogP contribution is -2.49. The topological polar surface area (TPSA) is 119 Å². The molecule has 0 aliphatic rings. The van der Waals surface area contributed by atoms with Gasteiger partial charge in [-0.25, -0.2) is 14.1 Å². The summed E-state index contributed by atoms with van der Waals surface area (Å²) in [6.07, 6.45) is 6.25. The van der Waals surface area contributed by atoms with Gasteiger partial charge in [-0.2, -0.15) is 5.10 Å². The molecule has 0 bridgehead atoms. The number of carbonyl (C=O) groups excluding carboxylic acids is 3. The zero-order valence-corrected chi connectivity index (χ0v) is 23.2. The van der Waals surface area contributed by atoms with Crippen LogP contribution in [0.4, 0.5) is 4.39 Å². The van der Waals surface area contributed by atoms with E-state index in [4.69, 9.17) is 0 Å². The van der Waals surface area contributed by atoms with Crippen molar-refractivity contribution in [2.45, 2.75) is 25.3 Å². The Bertz CT molecular complexity index is 1690. The van der Waals surface area contributed by atoms with Crippen LogP contribution in [0, 0.1) is 5.82 Å². The number of hydrogen-bond acceptors (Lipinski definition) is 6. The van der Waals surface area contributed by atoms with Crippen molar-refractivity contribution < 1.29 is 18.8 Å². The maximum atomic E-state index is 13.6. The molecule has 1 atom stereocenters. The molecule has 216 valence electrons. The minimum Gasteiger partial charge on any atom is -0.349 e. The summed E-state index contributed by atoms with van der Waals surface area (Å²) >= 11 is 0. The van der Waals surface area contributed by atoms with Gasteiger partial charge in [-0.3, -0.25) is 19.4 Å². The smallest absolute Gasteiger partial charge is 0.289 e. The summed E-state index contributed by atoms with van der Waals surface area (Å²) in [5, 5.41) is 9.94. The number of rotatable bonds is 12. The summed E-state index contributed by atoms with van der Waals surface area (Å²) in [7, 11) is 0. The fourth-order valence-electron chi connectivity index (χ4n) is 4.53. The van der Waals surface area contributed by atoms with Gasteiger partial charge in [0.2, 0.25) is 5.78 Å². The molecule has 5 aromatic rings. The number of aromatic nitrogens is 4. The van der Waals surface area contributed by atoms with E-state index in [1.807, 2.05) is 48.5 Å². The summed E-state index contributed by atoms with van der Waals surface area (Å²) < 4.78 is 14.8. The highest BCUT2D eigenvalue weighted by molar-refractivity contribution is 6.38. The molecule has 3 heterocycles. The highest BCUT2D eigenvalue weighted by atomic mass is 19.1. The lowest BCUT2D eigenvalue weighted by molar-refractivity contribution is -0.138. The van der Waals surface area contributed by atoms with E-state index in [1.54, 1.807) is 42.7 Å². The van der Waals surface area contributed by atoms with Gasteiger partial charge >= 0.3 is 0 Å². The first-order valence-corrected chi connectivity index (χ1v) is 13.8. The third-order valence-corrected chi connectivity index (χ3v) is 6.73. The number of nitrogens with zero attached hydrogens (tertiary/aromatic N) is 4. The molecule has 0 fully saturated rings. The fourth-order valence-corrected chi connectivity index (χ4v) is 4.53. The van der Waals surface area contributed by atoms with Crippen molar-refractivity contribution in [1.82, 2.24) is 30.4 Å². The second-order valence-corrected chi connectivity index (χ2v) is 9.79. The molecule has 0 spiro atoms. The number of aryl methyl sites for hydroxylation is 1. The predicted octanol–water partition coefficient (Wildman–Crippen LogP) is 4.13. The zero-order chi connectivity index (χ0) is 30.0. The molecule has 2 aromatic carbocycles. The molecule has 0 aliphatic heterocycles. The number of nitrogens with one attached hydrogen (secondary N) is 2. The van der Waals surface area contributed by atoms with Gasteiger partial charge in [-0.1, -0.05) is 36.4 Å². The van der Waals surface area contributed by atoms with Gasteiger partial charge in [-0.15, -0.1) is 0 Å².